The molecular weight excluding hydrogens is 150 g/mol. The zero-order valence-corrected chi connectivity index (χ0v) is 7.66. The minimum absolute atomic E-state index is 0.975. The maximum absolute atomic E-state index is 4.49. The average molecular weight is 166 g/mol. The molecule has 2 aliphatic heterocycles. The molecule has 0 unspecified atom stereocenters. The van der Waals surface area contributed by atoms with Gasteiger partial charge in [0.15, 0.2) is 5.96 Å². The summed E-state index contributed by atoms with van der Waals surface area (Å²) in [4.78, 5) is 9.11. The number of likely N-dealkylation sites (N-methyl/N-ethyl adjacent to an activating group) is 1. The van der Waals surface area contributed by atoms with Gasteiger partial charge in [0, 0.05) is 26.7 Å². The highest BCUT2D eigenvalue weighted by Gasteiger charge is 2.20. The van der Waals surface area contributed by atoms with Gasteiger partial charge in [-0.3, -0.25) is 4.99 Å². The fourth-order valence-corrected chi connectivity index (χ4v) is 1.81. The fraction of sp³-hybridized carbons (Fsp3) is 0.778. The second-order valence-electron chi connectivity index (χ2n) is 3.48. The van der Waals surface area contributed by atoms with E-state index in [1.165, 1.54) is 25.3 Å². The average Bonchev–Trinajstić information content (AvgIpc) is 2.53. The van der Waals surface area contributed by atoms with Crippen molar-refractivity contribution in [2.45, 2.75) is 12.8 Å². The molecule has 0 amide bonds. The van der Waals surface area contributed by atoms with Gasteiger partial charge in [-0.2, -0.15) is 0 Å². The monoisotopic (exact) mass is 166 g/mol. The molecule has 2 heterocycles. The van der Waals surface area contributed by atoms with Gasteiger partial charge in [-0.25, -0.2) is 0 Å². The van der Waals surface area contributed by atoms with Crippen LogP contribution in [0.3, 0.4) is 0 Å². The van der Waals surface area contributed by atoms with Crippen molar-refractivity contribution in [3.63, 3.8) is 0 Å². The van der Waals surface area contributed by atoms with E-state index < -0.39 is 0 Å². The molecule has 0 aromatic rings. The lowest BCUT2D eigenvalue weighted by molar-refractivity contribution is 0.348. The second kappa shape index (κ2) is 3.33. The molecule has 1 fully saturated rings. The lowest BCUT2D eigenvalue weighted by atomic mass is 10.1. The highest BCUT2D eigenvalue weighted by atomic mass is 15.4. The van der Waals surface area contributed by atoms with Crippen LogP contribution >= 0.6 is 0 Å². The van der Waals surface area contributed by atoms with Crippen molar-refractivity contribution in [2.24, 2.45) is 4.99 Å². The molecule has 0 aliphatic carbocycles. The Kier molecular flexibility index (Phi) is 2.19. The molecule has 0 saturated carbocycles. The van der Waals surface area contributed by atoms with Gasteiger partial charge < -0.3 is 9.80 Å². The summed E-state index contributed by atoms with van der Waals surface area (Å²) in [7, 11) is 2.13. The van der Waals surface area contributed by atoms with Crippen LogP contribution in [0.5, 0.6) is 0 Å². The Hall–Kier alpha value is -0.730. The largest absolute Gasteiger partial charge is 0.344 e. The highest BCUT2D eigenvalue weighted by molar-refractivity contribution is 5.81. The Bertz CT molecular complexity index is 182. The van der Waals surface area contributed by atoms with Crippen LogP contribution in [0.4, 0.5) is 0 Å². The first-order valence-electron chi connectivity index (χ1n) is 4.70. The van der Waals surface area contributed by atoms with Gasteiger partial charge >= 0.3 is 0 Å². The number of rotatable bonds is 0. The molecule has 67 valence electrons. The van der Waals surface area contributed by atoms with E-state index in [2.05, 4.69) is 28.3 Å². The Balaban J connectivity index is 1.97. The number of hydrogen-bond donors (Lipinski definition) is 0. The van der Waals surface area contributed by atoms with Gasteiger partial charge in [0.05, 0.1) is 6.54 Å². The van der Waals surface area contributed by atoms with Crippen LogP contribution in [0.15, 0.2) is 4.99 Å². The predicted octanol–water partition coefficient (Wildman–Crippen LogP) is 0.588. The number of nitrogens with zero attached hydrogens (tertiary/aromatic N) is 3. The Morgan fingerprint density at radius 1 is 1.42 bits per heavy atom. The summed E-state index contributed by atoms with van der Waals surface area (Å²) >= 11 is 0. The molecule has 2 aliphatic rings. The second-order valence-corrected chi connectivity index (χ2v) is 3.48. The number of guanidine groups is 1. The fourth-order valence-electron chi connectivity index (χ4n) is 1.81. The minimum atomic E-state index is 0.975. The predicted molar refractivity (Wildman–Crippen MR) is 50.0 cm³/mol. The number of likely N-dealkylation sites (tertiary alicyclic amines) is 1. The summed E-state index contributed by atoms with van der Waals surface area (Å²) in [6.07, 6.45) is 4.90. The van der Waals surface area contributed by atoms with Crippen molar-refractivity contribution < 1.29 is 0 Å². The summed E-state index contributed by atoms with van der Waals surface area (Å²) in [5, 5.41) is 0. The molecular formula is C9H16N3. The molecule has 0 bridgehead atoms. The SMILES string of the molecule is CN1CCN=C1N1C[CH]CCC1. The molecule has 12 heavy (non-hydrogen) atoms. The van der Waals surface area contributed by atoms with Crippen molar-refractivity contribution in [3.05, 3.63) is 6.42 Å². The molecule has 3 heteroatoms. The lowest BCUT2D eigenvalue weighted by Crippen LogP contribution is -2.42. The lowest BCUT2D eigenvalue weighted by Gasteiger charge is -2.31. The number of hydrogen-bond acceptors (Lipinski definition) is 3. The molecule has 0 atom stereocenters. The maximum Gasteiger partial charge on any atom is 0.196 e. The quantitative estimate of drug-likeness (QED) is 0.524. The van der Waals surface area contributed by atoms with Gasteiger partial charge in [0.25, 0.3) is 0 Å². The van der Waals surface area contributed by atoms with E-state index in [1.807, 2.05) is 0 Å². The molecule has 0 aromatic carbocycles. The molecule has 0 aromatic heterocycles. The van der Waals surface area contributed by atoms with E-state index in [0.29, 0.717) is 0 Å². The van der Waals surface area contributed by atoms with Crippen molar-refractivity contribution >= 4 is 5.96 Å². The third-order valence-electron chi connectivity index (χ3n) is 2.50. The number of aliphatic imine (C=N–C) groups is 1. The standard InChI is InChI=1S/C9H16N3/c1-11-8-5-10-9(11)12-6-3-2-4-7-12/h3H,2,4-8H2,1H3. The van der Waals surface area contributed by atoms with Gasteiger partial charge in [0.2, 0.25) is 0 Å². The maximum atomic E-state index is 4.49. The third-order valence-corrected chi connectivity index (χ3v) is 2.50. The van der Waals surface area contributed by atoms with Gasteiger partial charge in [-0.05, 0) is 19.3 Å². The zero-order valence-electron chi connectivity index (χ0n) is 7.66. The van der Waals surface area contributed by atoms with Crippen molar-refractivity contribution in [3.8, 4) is 0 Å². The number of piperidine rings is 1. The van der Waals surface area contributed by atoms with Gasteiger partial charge in [-0.15, -0.1) is 0 Å². The first-order valence-corrected chi connectivity index (χ1v) is 4.70. The minimum Gasteiger partial charge on any atom is -0.344 e. The Morgan fingerprint density at radius 2 is 2.33 bits per heavy atom. The van der Waals surface area contributed by atoms with E-state index >= 15 is 0 Å². The van der Waals surface area contributed by atoms with Gasteiger partial charge in [0.1, 0.15) is 0 Å². The molecule has 2 rings (SSSR count). The van der Waals surface area contributed by atoms with E-state index in [1.54, 1.807) is 0 Å². The molecule has 0 N–H and O–H groups in total. The van der Waals surface area contributed by atoms with E-state index in [-0.39, 0.29) is 0 Å². The van der Waals surface area contributed by atoms with Crippen LogP contribution < -0.4 is 0 Å². The topological polar surface area (TPSA) is 18.8 Å². The first-order chi connectivity index (χ1) is 5.88. The normalized spacial score (nSPS) is 24.6. The summed E-state index contributed by atoms with van der Waals surface area (Å²) in [5.41, 5.74) is 0. The van der Waals surface area contributed by atoms with E-state index in [4.69, 9.17) is 0 Å². The summed E-state index contributed by atoms with van der Waals surface area (Å²) in [6, 6.07) is 0. The first kappa shape index (κ1) is 7.90. The van der Waals surface area contributed by atoms with E-state index in [9.17, 15) is 0 Å². The van der Waals surface area contributed by atoms with Crippen LogP contribution in [0.2, 0.25) is 0 Å². The molecule has 1 radical (unpaired) electrons. The van der Waals surface area contributed by atoms with Crippen molar-refractivity contribution in [2.75, 3.05) is 33.2 Å². The summed E-state index contributed by atoms with van der Waals surface area (Å²) < 4.78 is 0. The molecule has 3 nitrogen and oxygen atoms in total. The van der Waals surface area contributed by atoms with Crippen LogP contribution in [-0.2, 0) is 0 Å². The summed E-state index contributed by atoms with van der Waals surface area (Å²) in [6.45, 7) is 4.33. The van der Waals surface area contributed by atoms with Crippen molar-refractivity contribution in [1.82, 2.24) is 9.80 Å². The zero-order chi connectivity index (χ0) is 8.39. The van der Waals surface area contributed by atoms with Crippen LogP contribution in [-0.4, -0.2) is 49.0 Å². The van der Waals surface area contributed by atoms with Crippen LogP contribution in [0.1, 0.15) is 12.8 Å². The Morgan fingerprint density at radius 3 is 2.92 bits per heavy atom. The Labute approximate surface area is 74.1 Å². The molecule has 1 saturated heterocycles. The van der Waals surface area contributed by atoms with Gasteiger partial charge in [-0.1, -0.05) is 0 Å². The molecule has 0 spiro atoms. The smallest absolute Gasteiger partial charge is 0.196 e. The highest BCUT2D eigenvalue weighted by Crippen LogP contribution is 2.12. The van der Waals surface area contributed by atoms with Crippen LogP contribution in [0, 0.1) is 6.42 Å². The third kappa shape index (κ3) is 1.40. The summed E-state index contributed by atoms with van der Waals surface area (Å²) in [5.74, 6) is 1.20. The van der Waals surface area contributed by atoms with Crippen LogP contribution in [0.25, 0.3) is 0 Å². The van der Waals surface area contributed by atoms with E-state index in [0.717, 1.165) is 19.6 Å². The van der Waals surface area contributed by atoms with Crippen molar-refractivity contribution in [1.29, 1.82) is 0 Å².